The van der Waals surface area contributed by atoms with E-state index in [2.05, 4.69) is 16.9 Å². The molecule has 0 radical (unpaired) electrons. The second-order valence-electron chi connectivity index (χ2n) is 6.34. The molecular formula is C19H24N4O3S2. The van der Waals surface area contributed by atoms with Gasteiger partial charge in [0.2, 0.25) is 10.0 Å². The number of rotatable bonds is 10. The van der Waals surface area contributed by atoms with E-state index in [1.807, 2.05) is 41.1 Å². The number of aromatic nitrogens is 3. The van der Waals surface area contributed by atoms with Crippen molar-refractivity contribution in [3.8, 4) is 11.6 Å². The van der Waals surface area contributed by atoms with E-state index in [4.69, 9.17) is 9.88 Å². The van der Waals surface area contributed by atoms with Crippen LogP contribution in [0.15, 0.2) is 47.9 Å². The molecule has 2 heterocycles. The minimum atomic E-state index is -3.47. The van der Waals surface area contributed by atoms with Gasteiger partial charge in [0.1, 0.15) is 11.6 Å². The Hall–Kier alpha value is -2.10. The van der Waals surface area contributed by atoms with Gasteiger partial charge in [0.05, 0.1) is 17.9 Å². The maximum atomic E-state index is 11.0. The summed E-state index contributed by atoms with van der Waals surface area (Å²) in [6.07, 6.45) is 6.35. The van der Waals surface area contributed by atoms with E-state index in [-0.39, 0.29) is 12.4 Å². The minimum Gasteiger partial charge on any atom is -0.493 e. The number of unbranched alkanes of at least 4 members (excludes halogenated alkanes) is 1. The van der Waals surface area contributed by atoms with Gasteiger partial charge in [-0.25, -0.2) is 23.5 Å². The van der Waals surface area contributed by atoms with E-state index in [1.54, 1.807) is 18.0 Å². The fourth-order valence-electron chi connectivity index (χ4n) is 2.75. The van der Waals surface area contributed by atoms with Gasteiger partial charge in [0.25, 0.3) is 0 Å². The Morgan fingerprint density at radius 2 is 2.07 bits per heavy atom. The van der Waals surface area contributed by atoms with Crippen molar-refractivity contribution in [3.05, 3.63) is 42.7 Å². The van der Waals surface area contributed by atoms with Crippen LogP contribution in [0.5, 0.6) is 5.75 Å². The number of hydrogen-bond acceptors (Lipinski definition) is 6. The number of fused-ring (bicyclic) bond motifs is 1. The summed E-state index contributed by atoms with van der Waals surface area (Å²) in [4.78, 5) is 9.01. The molecule has 2 N–H and O–H groups in total. The van der Waals surface area contributed by atoms with E-state index >= 15 is 0 Å². The molecule has 0 bridgehead atoms. The highest BCUT2D eigenvalue weighted by molar-refractivity contribution is 7.99. The summed E-state index contributed by atoms with van der Waals surface area (Å²) >= 11 is 1.66. The lowest BCUT2D eigenvalue weighted by atomic mass is 10.2. The maximum absolute atomic E-state index is 11.0. The van der Waals surface area contributed by atoms with E-state index in [0.717, 1.165) is 40.5 Å². The molecule has 0 aliphatic carbocycles. The van der Waals surface area contributed by atoms with Crippen molar-refractivity contribution in [1.29, 1.82) is 0 Å². The summed E-state index contributed by atoms with van der Waals surface area (Å²) < 4.78 is 29.8. The fraction of sp³-hybridized carbons (Fsp3) is 0.368. The van der Waals surface area contributed by atoms with Gasteiger partial charge in [-0.2, -0.15) is 0 Å². The van der Waals surface area contributed by atoms with Crippen molar-refractivity contribution in [2.24, 2.45) is 5.14 Å². The zero-order valence-electron chi connectivity index (χ0n) is 15.7. The molecule has 0 fully saturated rings. The number of thioether (sulfide) groups is 1. The molecule has 2 aromatic heterocycles. The monoisotopic (exact) mass is 420 g/mol. The first-order chi connectivity index (χ1) is 13.5. The summed E-state index contributed by atoms with van der Waals surface area (Å²) in [5.41, 5.74) is 0.965. The van der Waals surface area contributed by atoms with Gasteiger partial charge < -0.3 is 9.30 Å². The van der Waals surface area contributed by atoms with E-state index in [1.165, 1.54) is 0 Å². The van der Waals surface area contributed by atoms with Crippen molar-refractivity contribution in [2.75, 3.05) is 18.1 Å². The molecule has 0 aliphatic heterocycles. The highest BCUT2D eigenvalue weighted by Gasteiger charge is 2.10. The lowest BCUT2D eigenvalue weighted by molar-refractivity contribution is 0.321. The lowest BCUT2D eigenvalue weighted by Crippen LogP contribution is -2.18. The topological polar surface area (TPSA) is 100 Å². The highest BCUT2D eigenvalue weighted by atomic mass is 32.2. The molecule has 3 rings (SSSR count). The zero-order chi connectivity index (χ0) is 20.0. The molecule has 0 unspecified atom stereocenters. The quantitative estimate of drug-likeness (QED) is 0.307. The number of hydrogen-bond donors (Lipinski definition) is 1. The van der Waals surface area contributed by atoms with Crippen LogP contribution in [0.25, 0.3) is 16.7 Å². The minimum absolute atomic E-state index is 0.0939. The van der Waals surface area contributed by atoms with Crippen molar-refractivity contribution in [3.63, 3.8) is 0 Å². The number of primary sulfonamides is 1. The summed E-state index contributed by atoms with van der Waals surface area (Å²) in [5.74, 6) is 2.42. The van der Waals surface area contributed by atoms with Crippen LogP contribution in [0.2, 0.25) is 0 Å². The van der Waals surface area contributed by atoms with Gasteiger partial charge in [0, 0.05) is 23.5 Å². The molecule has 1 aromatic carbocycles. The lowest BCUT2D eigenvalue weighted by Gasteiger charge is -2.09. The molecular weight excluding hydrogens is 396 g/mol. The molecule has 150 valence electrons. The van der Waals surface area contributed by atoms with Crippen LogP contribution < -0.4 is 9.88 Å². The predicted molar refractivity (Wildman–Crippen MR) is 113 cm³/mol. The van der Waals surface area contributed by atoms with Crippen LogP contribution in [-0.4, -0.2) is 41.1 Å². The Labute approximate surface area is 169 Å². The van der Waals surface area contributed by atoms with Crippen LogP contribution in [-0.2, 0) is 10.0 Å². The molecule has 28 heavy (non-hydrogen) atoms. The third-order valence-corrected chi connectivity index (χ3v) is 5.92. The largest absolute Gasteiger partial charge is 0.493 e. The van der Waals surface area contributed by atoms with Crippen molar-refractivity contribution < 1.29 is 13.2 Å². The standard InChI is InChI=1S/C19H24N4O3S2/c1-2-3-13-27-19-21-10-8-18(22-19)23-11-9-15-16(23)6-4-7-17(15)26-12-5-14-28(20,24)25/h4,6-11H,2-3,5,12-14H2,1H3,(H2,20,24,25). The van der Waals surface area contributed by atoms with E-state index < -0.39 is 10.0 Å². The number of ether oxygens (including phenoxy) is 1. The van der Waals surface area contributed by atoms with Crippen LogP contribution in [0, 0.1) is 0 Å². The van der Waals surface area contributed by atoms with Gasteiger partial charge in [0.15, 0.2) is 5.16 Å². The Morgan fingerprint density at radius 3 is 2.86 bits per heavy atom. The highest BCUT2D eigenvalue weighted by Crippen LogP contribution is 2.28. The van der Waals surface area contributed by atoms with E-state index in [9.17, 15) is 8.42 Å². The Morgan fingerprint density at radius 1 is 1.21 bits per heavy atom. The summed E-state index contributed by atoms with van der Waals surface area (Å²) in [6.45, 7) is 2.45. The molecule has 3 aromatic rings. The average molecular weight is 421 g/mol. The Kier molecular flexibility index (Phi) is 6.93. The van der Waals surface area contributed by atoms with Gasteiger partial charge in [-0.3, -0.25) is 0 Å². The first-order valence-electron chi connectivity index (χ1n) is 9.17. The predicted octanol–water partition coefficient (Wildman–Crippen LogP) is 3.37. The molecule has 0 saturated carbocycles. The van der Waals surface area contributed by atoms with Crippen molar-refractivity contribution >= 4 is 32.7 Å². The maximum Gasteiger partial charge on any atom is 0.209 e. The number of nitrogens with zero attached hydrogens (tertiary/aromatic N) is 3. The van der Waals surface area contributed by atoms with Gasteiger partial charge in [-0.15, -0.1) is 0 Å². The molecule has 0 spiro atoms. The summed E-state index contributed by atoms with van der Waals surface area (Å²) in [6, 6.07) is 9.62. The normalized spacial score (nSPS) is 11.8. The molecule has 0 aliphatic rings. The van der Waals surface area contributed by atoms with Gasteiger partial charge in [-0.1, -0.05) is 31.2 Å². The van der Waals surface area contributed by atoms with Crippen LogP contribution in [0.4, 0.5) is 0 Å². The molecule has 0 amide bonds. The number of nitrogens with two attached hydrogens (primary N) is 1. The number of benzene rings is 1. The van der Waals surface area contributed by atoms with Crippen LogP contribution in [0.1, 0.15) is 26.2 Å². The summed E-state index contributed by atoms with van der Waals surface area (Å²) in [5, 5.41) is 6.73. The van der Waals surface area contributed by atoms with E-state index in [0.29, 0.717) is 12.2 Å². The Balaban J connectivity index is 1.78. The fourth-order valence-corrected chi connectivity index (χ4v) is 4.18. The molecule has 0 saturated heterocycles. The first kappa shape index (κ1) is 20.6. The zero-order valence-corrected chi connectivity index (χ0v) is 17.4. The molecule has 0 atom stereocenters. The smallest absolute Gasteiger partial charge is 0.209 e. The van der Waals surface area contributed by atoms with Gasteiger partial charge in [-0.05, 0) is 37.1 Å². The molecule has 9 heteroatoms. The summed E-state index contributed by atoms with van der Waals surface area (Å²) in [7, 11) is -3.47. The Bertz CT molecular complexity index is 1030. The van der Waals surface area contributed by atoms with Crippen molar-refractivity contribution in [2.45, 2.75) is 31.3 Å². The van der Waals surface area contributed by atoms with Crippen molar-refractivity contribution in [1.82, 2.24) is 14.5 Å². The SMILES string of the molecule is CCCCSc1nccc(-n2ccc3c(OCCCS(N)(=O)=O)cccc32)n1. The first-order valence-corrected chi connectivity index (χ1v) is 11.9. The average Bonchev–Trinajstić information content (AvgIpc) is 3.10. The molecule has 7 nitrogen and oxygen atoms in total. The second-order valence-corrected chi connectivity index (χ2v) is 9.14. The van der Waals surface area contributed by atoms with Gasteiger partial charge >= 0.3 is 0 Å². The van der Waals surface area contributed by atoms with Crippen LogP contribution >= 0.6 is 11.8 Å². The number of sulfonamides is 1. The third kappa shape index (κ3) is 5.46. The second kappa shape index (κ2) is 9.40. The van der Waals surface area contributed by atoms with Crippen LogP contribution in [0.3, 0.4) is 0 Å². The third-order valence-electron chi connectivity index (χ3n) is 4.12.